The van der Waals surface area contributed by atoms with Crippen LogP contribution in [0.15, 0.2) is 0 Å². The minimum Gasteiger partial charge on any atom is -0.383 e. The van der Waals surface area contributed by atoms with E-state index in [1.165, 1.54) is 38.9 Å². The molecule has 0 bridgehead atoms. The summed E-state index contributed by atoms with van der Waals surface area (Å²) < 4.78 is 5.11. The molecule has 0 aliphatic heterocycles. The van der Waals surface area contributed by atoms with Gasteiger partial charge in [-0.3, -0.25) is 0 Å². The zero-order chi connectivity index (χ0) is 11.8. The number of ether oxygens (including phenoxy) is 1. The summed E-state index contributed by atoms with van der Waals surface area (Å²) in [5, 5.41) is 3.50. The molecule has 0 spiro atoms. The lowest BCUT2D eigenvalue weighted by atomic mass is 10.3. The monoisotopic (exact) mass is 228 g/mol. The van der Waals surface area contributed by atoms with E-state index in [2.05, 4.69) is 24.1 Å². The molecule has 3 nitrogen and oxygen atoms in total. The van der Waals surface area contributed by atoms with Crippen molar-refractivity contribution < 1.29 is 4.74 Å². The van der Waals surface area contributed by atoms with Crippen molar-refractivity contribution in [3.05, 3.63) is 0 Å². The van der Waals surface area contributed by atoms with E-state index in [1.54, 1.807) is 7.11 Å². The Morgan fingerprint density at radius 2 is 2.12 bits per heavy atom. The predicted octanol–water partition coefficient (Wildman–Crippen LogP) is 1.73. The Kier molecular flexibility index (Phi) is 7.01. The first-order valence-electron chi connectivity index (χ1n) is 6.71. The van der Waals surface area contributed by atoms with Gasteiger partial charge in [0.05, 0.1) is 6.61 Å². The summed E-state index contributed by atoms with van der Waals surface area (Å²) in [7, 11) is 1.76. The van der Waals surface area contributed by atoms with Gasteiger partial charge >= 0.3 is 0 Å². The van der Waals surface area contributed by atoms with Crippen LogP contribution in [-0.2, 0) is 4.74 Å². The third-order valence-electron chi connectivity index (χ3n) is 3.09. The standard InChI is InChI=1S/C13H28N2O/c1-4-8-15(10-13-5-6-13)9-7-14-12(2)11-16-3/h12-14H,4-11H2,1-3H3. The van der Waals surface area contributed by atoms with E-state index in [-0.39, 0.29) is 0 Å². The fraction of sp³-hybridized carbons (Fsp3) is 1.00. The third-order valence-corrected chi connectivity index (χ3v) is 3.09. The van der Waals surface area contributed by atoms with E-state index in [9.17, 15) is 0 Å². The largest absolute Gasteiger partial charge is 0.383 e. The number of nitrogens with zero attached hydrogens (tertiary/aromatic N) is 1. The van der Waals surface area contributed by atoms with Crippen molar-refractivity contribution in [3.8, 4) is 0 Å². The van der Waals surface area contributed by atoms with Crippen molar-refractivity contribution in [2.75, 3.05) is 39.9 Å². The maximum atomic E-state index is 5.11. The van der Waals surface area contributed by atoms with E-state index in [1.807, 2.05) is 0 Å². The summed E-state index contributed by atoms with van der Waals surface area (Å²) >= 11 is 0. The van der Waals surface area contributed by atoms with E-state index >= 15 is 0 Å². The molecule has 1 fully saturated rings. The molecule has 1 unspecified atom stereocenters. The van der Waals surface area contributed by atoms with E-state index in [0.717, 1.165) is 19.1 Å². The topological polar surface area (TPSA) is 24.5 Å². The van der Waals surface area contributed by atoms with Crippen LogP contribution in [0.3, 0.4) is 0 Å². The van der Waals surface area contributed by atoms with Crippen LogP contribution in [0.5, 0.6) is 0 Å². The van der Waals surface area contributed by atoms with Gasteiger partial charge in [-0.2, -0.15) is 0 Å². The number of methoxy groups -OCH3 is 1. The lowest BCUT2D eigenvalue weighted by Gasteiger charge is -2.22. The first kappa shape index (κ1) is 13.9. The Balaban J connectivity index is 2.05. The minimum atomic E-state index is 0.467. The van der Waals surface area contributed by atoms with Gasteiger partial charge in [-0.05, 0) is 38.6 Å². The highest BCUT2D eigenvalue weighted by Crippen LogP contribution is 2.29. The molecule has 0 radical (unpaired) electrons. The van der Waals surface area contributed by atoms with Gasteiger partial charge in [-0.1, -0.05) is 6.92 Å². The van der Waals surface area contributed by atoms with Crippen LogP contribution in [0.1, 0.15) is 33.1 Å². The van der Waals surface area contributed by atoms with Crippen molar-refractivity contribution in [2.24, 2.45) is 5.92 Å². The van der Waals surface area contributed by atoms with Crippen LogP contribution in [-0.4, -0.2) is 50.8 Å². The maximum Gasteiger partial charge on any atom is 0.0613 e. The molecule has 0 aromatic rings. The van der Waals surface area contributed by atoms with Crippen molar-refractivity contribution in [2.45, 2.75) is 39.2 Å². The Bertz CT molecular complexity index is 171. The minimum absolute atomic E-state index is 0.467. The quantitative estimate of drug-likeness (QED) is 0.616. The summed E-state index contributed by atoms with van der Waals surface area (Å²) in [6.45, 7) is 10.1. The van der Waals surface area contributed by atoms with Gasteiger partial charge in [0.1, 0.15) is 0 Å². The molecule has 1 atom stereocenters. The number of nitrogens with one attached hydrogen (secondary N) is 1. The predicted molar refractivity (Wildman–Crippen MR) is 68.8 cm³/mol. The molecule has 0 heterocycles. The third kappa shape index (κ3) is 6.46. The average molecular weight is 228 g/mol. The summed E-state index contributed by atoms with van der Waals surface area (Å²) in [6, 6.07) is 0.467. The van der Waals surface area contributed by atoms with Gasteiger partial charge in [0.15, 0.2) is 0 Å². The molecular formula is C13H28N2O. The zero-order valence-electron chi connectivity index (χ0n) is 11.2. The van der Waals surface area contributed by atoms with Crippen LogP contribution in [0.2, 0.25) is 0 Å². The maximum absolute atomic E-state index is 5.11. The molecule has 16 heavy (non-hydrogen) atoms. The van der Waals surface area contributed by atoms with Crippen molar-refractivity contribution in [1.29, 1.82) is 0 Å². The lowest BCUT2D eigenvalue weighted by molar-refractivity contribution is 0.168. The van der Waals surface area contributed by atoms with Gasteiger partial charge in [0.2, 0.25) is 0 Å². The molecule has 1 saturated carbocycles. The molecule has 0 aromatic heterocycles. The first-order valence-corrected chi connectivity index (χ1v) is 6.71. The summed E-state index contributed by atoms with van der Waals surface area (Å²) in [5.74, 6) is 1.00. The van der Waals surface area contributed by atoms with Crippen LogP contribution >= 0.6 is 0 Å². The summed E-state index contributed by atoms with van der Waals surface area (Å²) in [6.07, 6.45) is 4.17. The molecular weight excluding hydrogens is 200 g/mol. The van der Waals surface area contributed by atoms with Crippen molar-refractivity contribution in [3.63, 3.8) is 0 Å². The molecule has 1 aliphatic rings. The summed E-state index contributed by atoms with van der Waals surface area (Å²) in [5.41, 5.74) is 0. The fourth-order valence-electron chi connectivity index (χ4n) is 2.05. The van der Waals surface area contributed by atoms with E-state index < -0.39 is 0 Å². The van der Waals surface area contributed by atoms with Crippen LogP contribution in [0.4, 0.5) is 0 Å². The Morgan fingerprint density at radius 3 is 2.69 bits per heavy atom. The van der Waals surface area contributed by atoms with Gasteiger partial charge in [-0.15, -0.1) is 0 Å². The van der Waals surface area contributed by atoms with Gasteiger partial charge < -0.3 is 15.0 Å². The molecule has 96 valence electrons. The highest BCUT2D eigenvalue weighted by molar-refractivity contribution is 4.77. The highest BCUT2D eigenvalue weighted by Gasteiger charge is 2.23. The molecule has 3 heteroatoms. The van der Waals surface area contributed by atoms with Crippen LogP contribution in [0.25, 0.3) is 0 Å². The molecule has 0 aromatic carbocycles. The van der Waals surface area contributed by atoms with Gasteiger partial charge in [0, 0.05) is 32.8 Å². The lowest BCUT2D eigenvalue weighted by Crippen LogP contribution is -2.38. The van der Waals surface area contributed by atoms with Gasteiger partial charge in [-0.25, -0.2) is 0 Å². The number of rotatable bonds is 10. The van der Waals surface area contributed by atoms with Crippen LogP contribution in [0, 0.1) is 5.92 Å². The molecule has 0 amide bonds. The molecule has 1 N–H and O–H groups in total. The normalized spacial score (nSPS) is 18.0. The SMILES string of the molecule is CCCN(CCNC(C)COC)CC1CC1. The van der Waals surface area contributed by atoms with E-state index in [0.29, 0.717) is 6.04 Å². The van der Waals surface area contributed by atoms with Crippen molar-refractivity contribution >= 4 is 0 Å². The molecule has 1 rings (SSSR count). The first-order chi connectivity index (χ1) is 7.76. The smallest absolute Gasteiger partial charge is 0.0613 e. The highest BCUT2D eigenvalue weighted by atomic mass is 16.5. The molecule has 1 aliphatic carbocycles. The fourth-order valence-corrected chi connectivity index (χ4v) is 2.05. The van der Waals surface area contributed by atoms with E-state index in [4.69, 9.17) is 4.74 Å². The summed E-state index contributed by atoms with van der Waals surface area (Å²) in [4.78, 5) is 2.60. The number of hydrogen-bond acceptors (Lipinski definition) is 3. The average Bonchev–Trinajstić information content (AvgIpc) is 3.02. The molecule has 0 saturated heterocycles. The Labute approximate surface area is 101 Å². The second-order valence-electron chi connectivity index (χ2n) is 5.05. The number of hydrogen-bond donors (Lipinski definition) is 1. The Morgan fingerprint density at radius 1 is 1.38 bits per heavy atom. The van der Waals surface area contributed by atoms with Crippen LogP contribution < -0.4 is 5.32 Å². The second kappa shape index (κ2) is 8.04. The van der Waals surface area contributed by atoms with Gasteiger partial charge in [0.25, 0.3) is 0 Å². The zero-order valence-corrected chi connectivity index (χ0v) is 11.2. The van der Waals surface area contributed by atoms with Crippen molar-refractivity contribution in [1.82, 2.24) is 10.2 Å². The Hall–Kier alpha value is -0.120. The second-order valence-corrected chi connectivity index (χ2v) is 5.05.